The van der Waals surface area contributed by atoms with Gasteiger partial charge in [-0.15, -0.1) is 0 Å². The molecule has 3 rings (SSSR count). The first-order valence-corrected chi connectivity index (χ1v) is 10.5. The lowest BCUT2D eigenvalue weighted by Crippen LogP contribution is -2.52. The summed E-state index contributed by atoms with van der Waals surface area (Å²) in [5.41, 5.74) is 2.02. The van der Waals surface area contributed by atoms with Gasteiger partial charge in [-0.1, -0.05) is 57.2 Å². The summed E-state index contributed by atoms with van der Waals surface area (Å²) in [6, 6.07) is 10.4. The van der Waals surface area contributed by atoms with E-state index >= 15 is 0 Å². The Morgan fingerprint density at radius 3 is 2.61 bits per heavy atom. The molecule has 4 nitrogen and oxygen atoms in total. The van der Waals surface area contributed by atoms with Crippen LogP contribution in [0.5, 0.6) is 0 Å². The molecule has 1 fully saturated rings. The summed E-state index contributed by atoms with van der Waals surface area (Å²) >= 11 is 0. The molecule has 0 N–H and O–H groups in total. The minimum Gasteiger partial charge on any atom is -0.454 e. The SMILES string of the molecule is CCC(CC)(OC)[C@@H]1CCCN1C1=CC(=O)O[C@H](/C=C/c2ccccc2)[C@@H]1C. The van der Waals surface area contributed by atoms with Crippen LogP contribution in [0.3, 0.4) is 0 Å². The molecular formula is C24H33NO3. The van der Waals surface area contributed by atoms with Crippen LogP contribution < -0.4 is 0 Å². The number of likely N-dealkylation sites (tertiary alicyclic amines) is 1. The summed E-state index contributed by atoms with van der Waals surface area (Å²) in [5, 5.41) is 0. The van der Waals surface area contributed by atoms with E-state index in [1.54, 1.807) is 6.08 Å². The largest absolute Gasteiger partial charge is 0.454 e. The molecule has 1 saturated heterocycles. The fraction of sp³-hybridized carbons (Fsp3) is 0.542. The molecule has 2 aliphatic rings. The van der Waals surface area contributed by atoms with Crippen molar-refractivity contribution >= 4 is 12.0 Å². The normalized spacial score (nSPS) is 25.9. The number of carbonyl (C=O) groups is 1. The van der Waals surface area contributed by atoms with E-state index in [1.165, 1.54) is 0 Å². The van der Waals surface area contributed by atoms with Gasteiger partial charge in [0.15, 0.2) is 0 Å². The molecule has 0 spiro atoms. The highest BCUT2D eigenvalue weighted by Gasteiger charge is 2.45. The van der Waals surface area contributed by atoms with Crippen LogP contribution in [-0.4, -0.2) is 42.3 Å². The molecular weight excluding hydrogens is 350 g/mol. The average molecular weight is 384 g/mol. The van der Waals surface area contributed by atoms with E-state index in [0.29, 0.717) is 6.04 Å². The van der Waals surface area contributed by atoms with Crippen molar-refractivity contribution in [2.75, 3.05) is 13.7 Å². The zero-order valence-electron chi connectivity index (χ0n) is 17.6. The summed E-state index contributed by atoms with van der Waals surface area (Å²) in [6.07, 6.45) is 9.64. The highest BCUT2D eigenvalue weighted by Crippen LogP contribution is 2.40. The van der Waals surface area contributed by atoms with Gasteiger partial charge in [0.1, 0.15) is 6.10 Å². The number of rotatable bonds is 7. The van der Waals surface area contributed by atoms with Crippen LogP contribution >= 0.6 is 0 Å². The predicted octanol–water partition coefficient (Wildman–Crippen LogP) is 4.81. The van der Waals surface area contributed by atoms with E-state index in [-0.39, 0.29) is 23.6 Å². The van der Waals surface area contributed by atoms with Crippen molar-refractivity contribution in [1.82, 2.24) is 4.90 Å². The van der Waals surface area contributed by atoms with E-state index in [0.717, 1.165) is 43.5 Å². The van der Waals surface area contributed by atoms with E-state index < -0.39 is 0 Å². The Morgan fingerprint density at radius 2 is 1.96 bits per heavy atom. The number of carbonyl (C=O) groups excluding carboxylic acids is 1. The number of benzene rings is 1. The van der Waals surface area contributed by atoms with Crippen LogP contribution in [-0.2, 0) is 14.3 Å². The number of ether oxygens (including phenoxy) is 2. The summed E-state index contributed by atoms with van der Waals surface area (Å²) in [5.74, 6) is -0.140. The van der Waals surface area contributed by atoms with Crippen molar-refractivity contribution < 1.29 is 14.3 Å². The van der Waals surface area contributed by atoms with Crippen molar-refractivity contribution in [3.05, 3.63) is 53.7 Å². The Morgan fingerprint density at radius 1 is 1.25 bits per heavy atom. The monoisotopic (exact) mass is 383 g/mol. The third kappa shape index (κ3) is 4.02. The molecule has 0 radical (unpaired) electrons. The Labute approximate surface area is 169 Å². The van der Waals surface area contributed by atoms with Crippen molar-refractivity contribution in [3.63, 3.8) is 0 Å². The van der Waals surface area contributed by atoms with Gasteiger partial charge in [0.2, 0.25) is 0 Å². The molecule has 4 heteroatoms. The van der Waals surface area contributed by atoms with Crippen molar-refractivity contribution in [2.45, 2.75) is 64.2 Å². The Balaban J connectivity index is 1.84. The minimum absolute atomic E-state index is 0.113. The molecule has 152 valence electrons. The second-order valence-corrected chi connectivity index (χ2v) is 7.86. The molecule has 0 saturated carbocycles. The van der Waals surface area contributed by atoms with Gasteiger partial charge in [-0.05, 0) is 37.3 Å². The molecule has 1 aromatic carbocycles. The molecule has 0 unspecified atom stereocenters. The predicted molar refractivity (Wildman–Crippen MR) is 113 cm³/mol. The lowest BCUT2D eigenvalue weighted by molar-refractivity contribution is -0.145. The third-order valence-electron chi connectivity index (χ3n) is 6.55. The summed E-state index contributed by atoms with van der Waals surface area (Å²) < 4.78 is 11.7. The molecule has 0 bridgehead atoms. The van der Waals surface area contributed by atoms with Crippen LogP contribution in [0.1, 0.15) is 52.0 Å². The molecule has 2 aliphatic heterocycles. The van der Waals surface area contributed by atoms with Gasteiger partial charge in [-0.2, -0.15) is 0 Å². The topological polar surface area (TPSA) is 38.8 Å². The number of cyclic esters (lactones) is 1. The Kier molecular flexibility index (Phi) is 6.61. The van der Waals surface area contributed by atoms with Crippen LogP contribution in [0.2, 0.25) is 0 Å². The molecule has 0 amide bonds. The molecule has 28 heavy (non-hydrogen) atoms. The van der Waals surface area contributed by atoms with E-state index in [1.807, 2.05) is 37.5 Å². The minimum atomic E-state index is -0.255. The fourth-order valence-corrected chi connectivity index (χ4v) is 4.78. The quantitative estimate of drug-likeness (QED) is 0.633. The maximum absolute atomic E-state index is 12.4. The Hall–Kier alpha value is -2.07. The van der Waals surface area contributed by atoms with Gasteiger partial charge in [0, 0.05) is 31.3 Å². The number of nitrogens with zero attached hydrogens (tertiary/aromatic N) is 1. The molecule has 1 aromatic rings. The number of hydrogen-bond donors (Lipinski definition) is 0. The molecule has 0 aromatic heterocycles. The third-order valence-corrected chi connectivity index (χ3v) is 6.55. The first-order chi connectivity index (χ1) is 13.5. The molecule has 0 aliphatic carbocycles. The van der Waals surface area contributed by atoms with Gasteiger partial charge < -0.3 is 14.4 Å². The van der Waals surface area contributed by atoms with Crippen molar-refractivity contribution in [3.8, 4) is 0 Å². The number of esters is 1. The van der Waals surface area contributed by atoms with Crippen LogP contribution in [0.25, 0.3) is 6.08 Å². The Bertz CT molecular complexity index is 712. The van der Waals surface area contributed by atoms with Gasteiger partial charge in [0.05, 0.1) is 11.6 Å². The van der Waals surface area contributed by atoms with E-state index in [2.05, 4.69) is 37.8 Å². The lowest BCUT2D eigenvalue weighted by atomic mass is 9.85. The second-order valence-electron chi connectivity index (χ2n) is 7.86. The van der Waals surface area contributed by atoms with Gasteiger partial charge in [0.25, 0.3) is 0 Å². The molecule has 2 heterocycles. The first kappa shape index (κ1) is 20.7. The number of methoxy groups -OCH3 is 1. The van der Waals surface area contributed by atoms with Crippen LogP contribution in [0.15, 0.2) is 48.2 Å². The zero-order valence-corrected chi connectivity index (χ0v) is 17.6. The van der Waals surface area contributed by atoms with Crippen molar-refractivity contribution in [2.24, 2.45) is 5.92 Å². The highest BCUT2D eigenvalue weighted by molar-refractivity contribution is 5.84. The number of hydrogen-bond acceptors (Lipinski definition) is 4. The summed E-state index contributed by atoms with van der Waals surface area (Å²) in [7, 11) is 1.82. The standard InChI is InChI=1S/C24H33NO3/c1-5-24(6-2,27-4)22-13-10-16-25(22)20-17-23(26)28-21(18(20)3)15-14-19-11-8-7-9-12-19/h7-9,11-12,14-15,17-18,21-22H,5-6,10,13,16H2,1-4H3/b15-14+/t18-,21-,22+/m1/s1. The van der Waals surface area contributed by atoms with Gasteiger partial charge in [-0.3, -0.25) is 0 Å². The van der Waals surface area contributed by atoms with Crippen molar-refractivity contribution in [1.29, 1.82) is 0 Å². The fourth-order valence-electron chi connectivity index (χ4n) is 4.78. The first-order valence-electron chi connectivity index (χ1n) is 10.5. The summed E-state index contributed by atoms with van der Waals surface area (Å²) in [4.78, 5) is 14.8. The van der Waals surface area contributed by atoms with Crippen LogP contribution in [0, 0.1) is 5.92 Å². The maximum Gasteiger partial charge on any atom is 0.333 e. The molecule has 3 atom stereocenters. The van der Waals surface area contributed by atoms with Gasteiger partial charge >= 0.3 is 5.97 Å². The second kappa shape index (κ2) is 8.95. The average Bonchev–Trinajstić information content (AvgIpc) is 3.21. The summed E-state index contributed by atoms with van der Waals surface area (Å²) in [6.45, 7) is 7.51. The lowest BCUT2D eigenvalue weighted by Gasteiger charge is -2.45. The smallest absolute Gasteiger partial charge is 0.333 e. The zero-order chi connectivity index (χ0) is 20.1. The van der Waals surface area contributed by atoms with Gasteiger partial charge in [-0.25, -0.2) is 4.79 Å². The van der Waals surface area contributed by atoms with Crippen LogP contribution in [0.4, 0.5) is 0 Å². The maximum atomic E-state index is 12.4. The van der Waals surface area contributed by atoms with E-state index in [9.17, 15) is 4.79 Å². The highest BCUT2D eigenvalue weighted by atomic mass is 16.5. The van der Waals surface area contributed by atoms with E-state index in [4.69, 9.17) is 9.47 Å².